The monoisotopic (exact) mass is 267 g/mol. The topological polar surface area (TPSA) is 78.6 Å². The fourth-order valence-corrected chi connectivity index (χ4v) is 2.23. The number of anilines is 2. The Morgan fingerprint density at radius 1 is 1.58 bits per heavy atom. The molecular formula is C13H18FN3O2. The van der Waals surface area contributed by atoms with Crippen molar-refractivity contribution in [1.82, 2.24) is 4.90 Å². The highest BCUT2D eigenvalue weighted by molar-refractivity contribution is 5.92. The standard InChI is InChI=1S/C13H18FN3O2/c14-11-2-1-10(5-12(11)15)16-13(19)7-17-4-3-9(6-17)8-18/h1-2,5,9,18H,3-4,6-8,15H2,(H,16,19). The van der Waals surface area contributed by atoms with Gasteiger partial charge in [0.15, 0.2) is 0 Å². The van der Waals surface area contributed by atoms with Gasteiger partial charge in [-0.15, -0.1) is 0 Å². The van der Waals surface area contributed by atoms with E-state index in [0.717, 1.165) is 19.5 Å². The molecule has 0 saturated carbocycles. The van der Waals surface area contributed by atoms with Gasteiger partial charge in [-0.3, -0.25) is 9.69 Å². The molecule has 2 rings (SSSR count). The first-order chi connectivity index (χ1) is 9.08. The first kappa shape index (κ1) is 13.8. The molecule has 0 radical (unpaired) electrons. The van der Waals surface area contributed by atoms with Crippen molar-refractivity contribution in [3.8, 4) is 0 Å². The van der Waals surface area contributed by atoms with Crippen LogP contribution in [0, 0.1) is 11.7 Å². The van der Waals surface area contributed by atoms with Gasteiger partial charge in [0.25, 0.3) is 0 Å². The summed E-state index contributed by atoms with van der Waals surface area (Å²) in [5.41, 5.74) is 5.93. The summed E-state index contributed by atoms with van der Waals surface area (Å²) in [6.07, 6.45) is 0.910. The first-order valence-corrected chi connectivity index (χ1v) is 6.26. The SMILES string of the molecule is Nc1cc(NC(=O)CN2CCC(CO)C2)ccc1F. The van der Waals surface area contributed by atoms with E-state index in [-0.39, 0.29) is 30.7 Å². The number of hydrogen-bond donors (Lipinski definition) is 3. The van der Waals surface area contributed by atoms with Gasteiger partial charge in [-0.25, -0.2) is 4.39 Å². The second-order valence-corrected chi connectivity index (χ2v) is 4.86. The molecule has 0 spiro atoms. The molecule has 0 aliphatic carbocycles. The minimum atomic E-state index is -0.497. The van der Waals surface area contributed by atoms with Crippen molar-refractivity contribution in [2.24, 2.45) is 5.92 Å². The third kappa shape index (κ3) is 3.65. The number of nitrogens with one attached hydrogen (secondary N) is 1. The highest BCUT2D eigenvalue weighted by Crippen LogP contribution is 2.17. The highest BCUT2D eigenvalue weighted by atomic mass is 19.1. The number of rotatable bonds is 4. The zero-order valence-corrected chi connectivity index (χ0v) is 10.6. The number of likely N-dealkylation sites (tertiary alicyclic amines) is 1. The van der Waals surface area contributed by atoms with Gasteiger partial charge in [-0.1, -0.05) is 0 Å². The Bertz CT molecular complexity index is 467. The Kier molecular flexibility index (Phi) is 4.34. The lowest BCUT2D eigenvalue weighted by Crippen LogP contribution is -2.31. The number of aliphatic hydroxyl groups excluding tert-OH is 1. The van der Waals surface area contributed by atoms with Gasteiger partial charge < -0.3 is 16.2 Å². The Hall–Kier alpha value is -1.66. The van der Waals surface area contributed by atoms with Crippen molar-refractivity contribution in [3.63, 3.8) is 0 Å². The predicted octanol–water partition coefficient (Wildman–Crippen LogP) is 0.661. The van der Waals surface area contributed by atoms with Crippen LogP contribution in [-0.2, 0) is 4.79 Å². The molecule has 4 N–H and O–H groups in total. The summed E-state index contributed by atoms with van der Waals surface area (Å²) in [7, 11) is 0. The van der Waals surface area contributed by atoms with Gasteiger partial charge in [-0.2, -0.15) is 0 Å². The number of carbonyl (C=O) groups is 1. The largest absolute Gasteiger partial charge is 0.396 e. The van der Waals surface area contributed by atoms with E-state index < -0.39 is 5.82 Å². The van der Waals surface area contributed by atoms with Gasteiger partial charge >= 0.3 is 0 Å². The second-order valence-electron chi connectivity index (χ2n) is 4.86. The zero-order chi connectivity index (χ0) is 13.8. The van der Waals surface area contributed by atoms with Crippen LogP contribution < -0.4 is 11.1 Å². The fraction of sp³-hybridized carbons (Fsp3) is 0.462. The van der Waals surface area contributed by atoms with E-state index >= 15 is 0 Å². The number of halogens is 1. The fourth-order valence-electron chi connectivity index (χ4n) is 2.23. The third-order valence-corrected chi connectivity index (χ3v) is 3.28. The summed E-state index contributed by atoms with van der Waals surface area (Å²) < 4.78 is 13.0. The average Bonchev–Trinajstić information content (AvgIpc) is 2.81. The van der Waals surface area contributed by atoms with Crippen molar-refractivity contribution in [2.45, 2.75) is 6.42 Å². The molecule has 6 heteroatoms. The Balaban J connectivity index is 1.86. The minimum absolute atomic E-state index is 0.0133. The normalized spacial score (nSPS) is 19.6. The smallest absolute Gasteiger partial charge is 0.238 e. The molecule has 1 atom stereocenters. The first-order valence-electron chi connectivity index (χ1n) is 6.26. The van der Waals surface area contributed by atoms with Crippen LogP contribution in [-0.4, -0.2) is 42.2 Å². The molecule has 5 nitrogen and oxygen atoms in total. The van der Waals surface area contributed by atoms with Crippen molar-refractivity contribution >= 4 is 17.3 Å². The lowest BCUT2D eigenvalue weighted by atomic mass is 10.1. The molecule has 1 aromatic rings. The van der Waals surface area contributed by atoms with Crippen LogP contribution in [0.15, 0.2) is 18.2 Å². The van der Waals surface area contributed by atoms with E-state index in [2.05, 4.69) is 5.32 Å². The molecule has 1 aliphatic heterocycles. The molecule has 1 aliphatic rings. The quantitative estimate of drug-likeness (QED) is 0.700. The second kappa shape index (κ2) is 5.99. The van der Waals surface area contributed by atoms with Gasteiger partial charge in [0.2, 0.25) is 5.91 Å². The van der Waals surface area contributed by atoms with E-state index in [0.29, 0.717) is 5.69 Å². The van der Waals surface area contributed by atoms with Gasteiger partial charge in [-0.05, 0) is 37.1 Å². The summed E-state index contributed by atoms with van der Waals surface area (Å²) in [4.78, 5) is 13.8. The van der Waals surface area contributed by atoms with E-state index in [1.165, 1.54) is 18.2 Å². The predicted molar refractivity (Wildman–Crippen MR) is 71.1 cm³/mol. The van der Waals surface area contributed by atoms with Crippen molar-refractivity contribution in [2.75, 3.05) is 37.3 Å². The maximum atomic E-state index is 13.0. The van der Waals surface area contributed by atoms with Crippen molar-refractivity contribution < 1.29 is 14.3 Å². The number of nitrogens with two attached hydrogens (primary N) is 1. The highest BCUT2D eigenvalue weighted by Gasteiger charge is 2.23. The average molecular weight is 267 g/mol. The van der Waals surface area contributed by atoms with E-state index in [1.54, 1.807) is 0 Å². The molecule has 1 saturated heterocycles. The molecule has 104 valence electrons. The Morgan fingerprint density at radius 3 is 3.00 bits per heavy atom. The van der Waals surface area contributed by atoms with Crippen molar-refractivity contribution in [3.05, 3.63) is 24.0 Å². The van der Waals surface area contributed by atoms with E-state index in [9.17, 15) is 9.18 Å². The molecule has 1 heterocycles. The maximum absolute atomic E-state index is 13.0. The van der Waals surface area contributed by atoms with Crippen LogP contribution in [0.3, 0.4) is 0 Å². The van der Waals surface area contributed by atoms with Crippen LogP contribution in [0.2, 0.25) is 0 Å². The lowest BCUT2D eigenvalue weighted by molar-refractivity contribution is -0.117. The maximum Gasteiger partial charge on any atom is 0.238 e. The summed E-state index contributed by atoms with van der Waals surface area (Å²) in [6.45, 7) is 1.97. The molecule has 0 aromatic heterocycles. The molecular weight excluding hydrogens is 249 g/mol. The van der Waals surface area contributed by atoms with Crippen LogP contribution in [0.4, 0.5) is 15.8 Å². The zero-order valence-electron chi connectivity index (χ0n) is 10.6. The lowest BCUT2D eigenvalue weighted by Gasteiger charge is -2.15. The minimum Gasteiger partial charge on any atom is -0.396 e. The number of benzene rings is 1. The number of hydrogen-bond acceptors (Lipinski definition) is 4. The Labute approximate surface area is 111 Å². The van der Waals surface area contributed by atoms with Crippen molar-refractivity contribution in [1.29, 1.82) is 0 Å². The van der Waals surface area contributed by atoms with Crippen LogP contribution in [0.1, 0.15) is 6.42 Å². The summed E-state index contributed by atoms with van der Waals surface area (Å²) in [6, 6.07) is 4.10. The molecule has 1 aromatic carbocycles. The molecule has 1 fully saturated rings. The summed E-state index contributed by atoms with van der Waals surface area (Å²) >= 11 is 0. The number of carbonyl (C=O) groups excluding carboxylic acids is 1. The molecule has 19 heavy (non-hydrogen) atoms. The summed E-state index contributed by atoms with van der Waals surface area (Å²) in [5.74, 6) is -0.401. The van der Waals surface area contributed by atoms with Crippen LogP contribution >= 0.6 is 0 Å². The van der Waals surface area contributed by atoms with Gasteiger partial charge in [0, 0.05) is 18.8 Å². The van der Waals surface area contributed by atoms with E-state index in [4.69, 9.17) is 10.8 Å². The number of amides is 1. The third-order valence-electron chi connectivity index (χ3n) is 3.28. The number of aliphatic hydroxyl groups is 1. The number of nitrogens with zero attached hydrogens (tertiary/aromatic N) is 1. The summed E-state index contributed by atoms with van der Waals surface area (Å²) in [5, 5.41) is 11.7. The van der Waals surface area contributed by atoms with Crippen LogP contribution in [0.5, 0.6) is 0 Å². The van der Waals surface area contributed by atoms with Gasteiger partial charge in [0.1, 0.15) is 5.82 Å². The van der Waals surface area contributed by atoms with Crippen LogP contribution in [0.25, 0.3) is 0 Å². The van der Waals surface area contributed by atoms with E-state index in [1.807, 2.05) is 4.90 Å². The molecule has 1 amide bonds. The molecule has 1 unspecified atom stereocenters. The Morgan fingerprint density at radius 2 is 2.37 bits per heavy atom. The van der Waals surface area contributed by atoms with Gasteiger partial charge in [0.05, 0.1) is 12.2 Å². The number of nitrogen functional groups attached to an aromatic ring is 1. The molecule has 0 bridgehead atoms.